The van der Waals surface area contributed by atoms with Crippen molar-refractivity contribution in [3.63, 3.8) is 0 Å². The quantitative estimate of drug-likeness (QED) is 0.722. The molecule has 1 fully saturated rings. The lowest BCUT2D eigenvalue weighted by molar-refractivity contribution is 0.255. The van der Waals surface area contributed by atoms with Crippen LogP contribution in [0.3, 0.4) is 0 Å². The molecule has 0 amide bonds. The smallest absolute Gasteiger partial charge is 0.113 e. The van der Waals surface area contributed by atoms with Crippen LogP contribution in [-0.2, 0) is 0 Å². The summed E-state index contributed by atoms with van der Waals surface area (Å²) in [4.78, 5) is 6.54. The predicted molar refractivity (Wildman–Crippen MR) is 65.8 cm³/mol. The van der Waals surface area contributed by atoms with E-state index in [4.69, 9.17) is 5.73 Å². The first-order chi connectivity index (χ1) is 7.84. The maximum absolute atomic E-state index is 5.55. The van der Waals surface area contributed by atoms with Crippen LogP contribution in [-0.4, -0.2) is 29.5 Å². The molecule has 1 aromatic heterocycles. The second-order valence-electron chi connectivity index (χ2n) is 4.12. The Morgan fingerprint density at radius 3 is 2.75 bits per heavy atom. The number of nitrogens with two attached hydrogens (primary N) is 1. The summed E-state index contributed by atoms with van der Waals surface area (Å²) in [6.07, 6.45) is 5.62. The van der Waals surface area contributed by atoms with E-state index in [-0.39, 0.29) is 0 Å². The molecule has 2 heterocycles. The van der Waals surface area contributed by atoms with Gasteiger partial charge in [0.15, 0.2) is 0 Å². The summed E-state index contributed by atoms with van der Waals surface area (Å²) in [7, 11) is 0. The van der Waals surface area contributed by atoms with Crippen molar-refractivity contribution in [1.82, 2.24) is 9.88 Å². The van der Waals surface area contributed by atoms with Gasteiger partial charge < -0.3 is 5.73 Å². The maximum Gasteiger partial charge on any atom is 0.113 e. The zero-order valence-corrected chi connectivity index (χ0v) is 9.45. The highest BCUT2D eigenvalue weighted by molar-refractivity contribution is 5.39. The molecule has 1 saturated heterocycles. The van der Waals surface area contributed by atoms with Crippen molar-refractivity contribution >= 4 is 5.69 Å². The van der Waals surface area contributed by atoms with E-state index in [1.807, 2.05) is 12.1 Å². The van der Waals surface area contributed by atoms with Gasteiger partial charge in [-0.15, -0.1) is 0 Å². The van der Waals surface area contributed by atoms with Crippen molar-refractivity contribution in [3.05, 3.63) is 24.0 Å². The Labute approximate surface area is 96.7 Å². The minimum Gasteiger partial charge on any atom is -0.397 e. The fourth-order valence-corrected chi connectivity index (χ4v) is 1.84. The van der Waals surface area contributed by atoms with Gasteiger partial charge in [-0.1, -0.05) is 12.3 Å². The maximum atomic E-state index is 5.55. The van der Waals surface area contributed by atoms with Gasteiger partial charge >= 0.3 is 0 Å². The van der Waals surface area contributed by atoms with Crippen LogP contribution in [0.25, 0.3) is 0 Å². The van der Waals surface area contributed by atoms with Gasteiger partial charge in [-0.2, -0.15) is 0 Å². The summed E-state index contributed by atoms with van der Waals surface area (Å²) in [5, 5.41) is 0. The molecular formula is C13H17N3. The van der Waals surface area contributed by atoms with Gasteiger partial charge in [0.25, 0.3) is 0 Å². The topological polar surface area (TPSA) is 42.1 Å². The van der Waals surface area contributed by atoms with Crippen molar-refractivity contribution in [3.8, 4) is 11.8 Å². The molecule has 3 nitrogen and oxygen atoms in total. The summed E-state index contributed by atoms with van der Waals surface area (Å²) >= 11 is 0. The molecule has 2 rings (SSSR count). The molecule has 0 radical (unpaired) electrons. The second-order valence-corrected chi connectivity index (χ2v) is 4.12. The van der Waals surface area contributed by atoms with E-state index in [1.165, 1.54) is 32.4 Å². The molecular weight excluding hydrogens is 198 g/mol. The normalized spacial score (nSPS) is 16.5. The van der Waals surface area contributed by atoms with Crippen LogP contribution in [0.4, 0.5) is 5.69 Å². The molecule has 1 aliphatic heterocycles. The van der Waals surface area contributed by atoms with E-state index in [1.54, 1.807) is 6.20 Å². The number of rotatable bonds is 1. The highest BCUT2D eigenvalue weighted by Gasteiger charge is 2.07. The van der Waals surface area contributed by atoms with Crippen LogP contribution in [0.2, 0.25) is 0 Å². The molecule has 2 N–H and O–H groups in total. The lowest BCUT2D eigenvalue weighted by Gasteiger charge is -2.23. The Bertz CT molecular complexity index is 380. The third-order valence-corrected chi connectivity index (χ3v) is 2.75. The van der Waals surface area contributed by atoms with Gasteiger partial charge in [-0.3, -0.25) is 4.90 Å². The number of hydrogen-bond donors (Lipinski definition) is 1. The molecule has 0 saturated carbocycles. The van der Waals surface area contributed by atoms with Crippen LogP contribution in [0.1, 0.15) is 25.0 Å². The van der Waals surface area contributed by atoms with Crippen LogP contribution >= 0.6 is 0 Å². The first-order valence-corrected chi connectivity index (χ1v) is 5.77. The van der Waals surface area contributed by atoms with E-state index in [0.717, 1.165) is 12.2 Å². The molecule has 0 aromatic carbocycles. The standard InChI is InChI=1S/C13H17N3/c14-12-6-7-13(15-11-12)5-4-10-16-8-2-1-3-9-16/h6-7,11H,1-3,8-10,14H2. The summed E-state index contributed by atoms with van der Waals surface area (Å²) in [6.45, 7) is 3.22. The summed E-state index contributed by atoms with van der Waals surface area (Å²) in [5.74, 6) is 6.22. The van der Waals surface area contributed by atoms with E-state index >= 15 is 0 Å². The molecule has 1 aromatic rings. The van der Waals surface area contributed by atoms with E-state index in [2.05, 4.69) is 21.7 Å². The van der Waals surface area contributed by atoms with Gasteiger partial charge in [0.1, 0.15) is 5.69 Å². The number of pyridine rings is 1. The Balaban J connectivity index is 1.87. The average Bonchev–Trinajstić information content (AvgIpc) is 2.33. The first kappa shape index (κ1) is 11.0. The zero-order valence-electron chi connectivity index (χ0n) is 9.45. The summed E-state index contributed by atoms with van der Waals surface area (Å²) in [5.41, 5.74) is 7.03. The number of piperidine rings is 1. The van der Waals surface area contributed by atoms with Crippen LogP contribution in [0.5, 0.6) is 0 Å². The number of nitrogen functional groups attached to an aromatic ring is 1. The lowest BCUT2D eigenvalue weighted by atomic mass is 10.1. The Morgan fingerprint density at radius 2 is 2.06 bits per heavy atom. The van der Waals surface area contributed by atoms with Crippen molar-refractivity contribution in [1.29, 1.82) is 0 Å². The van der Waals surface area contributed by atoms with Gasteiger partial charge in [-0.25, -0.2) is 4.98 Å². The van der Waals surface area contributed by atoms with Crippen LogP contribution in [0.15, 0.2) is 18.3 Å². The number of anilines is 1. The van der Waals surface area contributed by atoms with Gasteiger partial charge in [0.05, 0.1) is 18.4 Å². The third kappa shape index (κ3) is 3.25. The van der Waals surface area contributed by atoms with Crippen LogP contribution in [0, 0.1) is 11.8 Å². The molecule has 0 bridgehead atoms. The fraction of sp³-hybridized carbons (Fsp3) is 0.462. The molecule has 0 atom stereocenters. The fourth-order valence-electron chi connectivity index (χ4n) is 1.84. The predicted octanol–water partition coefficient (Wildman–Crippen LogP) is 1.50. The van der Waals surface area contributed by atoms with Gasteiger partial charge in [-0.05, 0) is 44.0 Å². The zero-order chi connectivity index (χ0) is 11.2. The molecule has 0 spiro atoms. The van der Waals surface area contributed by atoms with Crippen molar-refractivity contribution in [2.24, 2.45) is 0 Å². The SMILES string of the molecule is Nc1ccc(C#CCN2CCCCC2)nc1. The molecule has 3 heteroatoms. The number of aromatic nitrogens is 1. The first-order valence-electron chi connectivity index (χ1n) is 5.77. The van der Waals surface area contributed by atoms with Crippen molar-refractivity contribution in [2.75, 3.05) is 25.4 Å². The third-order valence-electron chi connectivity index (χ3n) is 2.75. The molecule has 84 valence electrons. The van der Waals surface area contributed by atoms with Crippen molar-refractivity contribution < 1.29 is 0 Å². The summed E-state index contributed by atoms with van der Waals surface area (Å²) in [6, 6.07) is 3.69. The highest BCUT2D eigenvalue weighted by Crippen LogP contribution is 2.07. The lowest BCUT2D eigenvalue weighted by Crippen LogP contribution is -2.29. The Hall–Kier alpha value is -1.53. The van der Waals surface area contributed by atoms with E-state index in [9.17, 15) is 0 Å². The van der Waals surface area contributed by atoms with Crippen LogP contribution < -0.4 is 5.73 Å². The highest BCUT2D eigenvalue weighted by atomic mass is 15.1. The average molecular weight is 215 g/mol. The Morgan fingerprint density at radius 1 is 1.25 bits per heavy atom. The monoisotopic (exact) mass is 215 g/mol. The Kier molecular flexibility index (Phi) is 3.79. The van der Waals surface area contributed by atoms with Crippen molar-refractivity contribution in [2.45, 2.75) is 19.3 Å². The number of nitrogens with zero attached hydrogens (tertiary/aromatic N) is 2. The minimum absolute atomic E-state index is 0.682. The minimum atomic E-state index is 0.682. The van der Waals surface area contributed by atoms with E-state index < -0.39 is 0 Å². The summed E-state index contributed by atoms with van der Waals surface area (Å²) < 4.78 is 0. The molecule has 1 aliphatic rings. The molecule has 16 heavy (non-hydrogen) atoms. The van der Waals surface area contributed by atoms with Gasteiger partial charge in [0, 0.05) is 0 Å². The number of likely N-dealkylation sites (tertiary alicyclic amines) is 1. The number of hydrogen-bond acceptors (Lipinski definition) is 3. The molecule has 0 aliphatic carbocycles. The second kappa shape index (κ2) is 5.53. The molecule has 0 unspecified atom stereocenters. The van der Waals surface area contributed by atoms with Gasteiger partial charge in [0.2, 0.25) is 0 Å². The largest absolute Gasteiger partial charge is 0.397 e. The van der Waals surface area contributed by atoms with E-state index in [0.29, 0.717) is 5.69 Å².